The number of rotatable bonds is 4. The third-order valence-electron chi connectivity index (χ3n) is 3.66. The molecule has 1 aliphatic rings. The Morgan fingerprint density at radius 1 is 1.45 bits per heavy atom. The Morgan fingerprint density at radius 2 is 2.20 bits per heavy atom. The van der Waals surface area contributed by atoms with Crippen LogP contribution in [0.2, 0.25) is 0 Å². The Labute approximate surface area is 118 Å². The van der Waals surface area contributed by atoms with Gasteiger partial charge in [0.15, 0.2) is 0 Å². The quantitative estimate of drug-likeness (QED) is 0.870. The number of carboxylic acid groups (broad SMARTS) is 1. The first-order valence-electron chi connectivity index (χ1n) is 6.86. The van der Waals surface area contributed by atoms with Crippen LogP contribution in [0.3, 0.4) is 0 Å². The number of benzene rings is 1. The molecule has 0 fully saturated rings. The van der Waals surface area contributed by atoms with Crippen LogP contribution in [0.25, 0.3) is 0 Å². The zero-order valence-electron chi connectivity index (χ0n) is 11.6. The summed E-state index contributed by atoms with van der Waals surface area (Å²) in [5.41, 5.74) is 7.81. The second-order valence-electron chi connectivity index (χ2n) is 5.33. The zero-order chi connectivity index (χ0) is 14.7. The fourth-order valence-corrected chi connectivity index (χ4v) is 2.53. The number of carboxylic acids is 1. The van der Waals surface area contributed by atoms with Gasteiger partial charge in [0.05, 0.1) is 5.56 Å². The van der Waals surface area contributed by atoms with E-state index in [2.05, 4.69) is 0 Å². The van der Waals surface area contributed by atoms with Gasteiger partial charge < -0.3 is 15.7 Å². The van der Waals surface area contributed by atoms with Gasteiger partial charge in [0.1, 0.15) is 0 Å². The first-order valence-corrected chi connectivity index (χ1v) is 6.86. The highest BCUT2D eigenvalue weighted by atomic mass is 16.4. The van der Waals surface area contributed by atoms with Crippen LogP contribution < -0.4 is 5.73 Å². The van der Waals surface area contributed by atoms with Crippen LogP contribution in [0.5, 0.6) is 0 Å². The number of hydrogen-bond donors (Lipinski definition) is 2. The molecule has 0 radical (unpaired) electrons. The molecule has 2 rings (SSSR count). The lowest BCUT2D eigenvalue weighted by atomic mass is 9.94. The van der Waals surface area contributed by atoms with Crippen LogP contribution in [0.1, 0.15) is 41.3 Å². The molecule has 1 aliphatic heterocycles. The number of amides is 1. The minimum Gasteiger partial charge on any atom is -0.478 e. The molecule has 5 nitrogen and oxygen atoms in total. The van der Waals surface area contributed by atoms with Crippen molar-refractivity contribution in [2.45, 2.75) is 38.8 Å². The van der Waals surface area contributed by atoms with Crippen molar-refractivity contribution in [2.24, 2.45) is 5.73 Å². The molecule has 1 amide bonds. The molecule has 0 saturated carbocycles. The van der Waals surface area contributed by atoms with E-state index < -0.39 is 5.97 Å². The molecule has 1 aromatic rings. The van der Waals surface area contributed by atoms with Crippen molar-refractivity contribution in [3.63, 3.8) is 0 Å². The van der Waals surface area contributed by atoms with Crippen molar-refractivity contribution in [3.8, 4) is 0 Å². The fourth-order valence-electron chi connectivity index (χ4n) is 2.53. The SMILES string of the molecule is CC(N)CCC(=O)N1CCc2c(cccc2C(=O)O)C1. The molecule has 3 N–H and O–H groups in total. The maximum absolute atomic E-state index is 12.1. The van der Waals surface area contributed by atoms with Crippen LogP contribution >= 0.6 is 0 Å². The highest BCUT2D eigenvalue weighted by Gasteiger charge is 2.23. The van der Waals surface area contributed by atoms with E-state index in [1.54, 1.807) is 17.0 Å². The summed E-state index contributed by atoms with van der Waals surface area (Å²) < 4.78 is 0. The van der Waals surface area contributed by atoms with Crippen LogP contribution in [0.4, 0.5) is 0 Å². The Kier molecular flexibility index (Phi) is 4.39. The summed E-state index contributed by atoms with van der Waals surface area (Å²) in [7, 11) is 0. The number of nitrogens with two attached hydrogens (primary N) is 1. The van der Waals surface area contributed by atoms with Gasteiger partial charge in [-0.1, -0.05) is 12.1 Å². The van der Waals surface area contributed by atoms with Crippen molar-refractivity contribution >= 4 is 11.9 Å². The van der Waals surface area contributed by atoms with Gasteiger partial charge in [0.25, 0.3) is 0 Å². The normalized spacial score (nSPS) is 15.6. The van der Waals surface area contributed by atoms with E-state index in [1.807, 2.05) is 13.0 Å². The molecule has 20 heavy (non-hydrogen) atoms. The lowest BCUT2D eigenvalue weighted by Crippen LogP contribution is -2.37. The number of hydrogen-bond acceptors (Lipinski definition) is 3. The standard InChI is InChI=1S/C15H20N2O3/c1-10(16)5-6-14(18)17-8-7-12-11(9-17)3-2-4-13(12)15(19)20/h2-4,10H,5-9,16H2,1H3,(H,19,20). The second-order valence-corrected chi connectivity index (χ2v) is 5.33. The highest BCUT2D eigenvalue weighted by molar-refractivity contribution is 5.90. The topological polar surface area (TPSA) is 83.6 Å². The lowest BCUT2D eigenvalue weighted by Gasteiger charge is -2.30. The average Bonchev–Trinajstić information content (AvgIpc) is 2.43. The van der Waals surface area contributed by atoms with Crippen LogP contribution in [-0.4, -0.2) is 34.5 Å². The smallest absolute Gasteiger partial charge is 0.335 e. The predicted molar refractivity (Wildman–Crippen MR) is 75.4 cm³/mol. The number of carbonyl (C=O) groups is 2. The Bertz CT molecular complexity index is 526. The van der Waals surface area contributed by atoms with Gasteiger partial charge in [-0.05, 0) is 37.0 Å². The fraction of sp³-hybridized carbons (Fsp3) is 0.467. The van der Waals surface area contributed by atoms with Gasteiger partial charge in [0, 0.05) is 25.6 Å². The Balaban J connectivity index is 2.10. The third kappa shape index (κ3) is 3.17. The van der Waals surface area contributed by atoms with E-state index in [4.69, 9.17) is 10.8 Å². The summed E-state index contributed by atoms with van der Waals surface area (Å²) in [4.78, 5) is 25.0. The summed E-state index contributed by atoms with van der Waals surface area (Å²) in [5.74, 6) is -0.813. The minimum atomic E-state index is -0.904. The highest BCUT2D eigenvalue weighted by Crippen LogP contribution is 2.23. The zero-order valence-corrected chi connectivity index (χ0v) is 11.6. The molecule has 1 aromatic carbocycles. The van der Waals surface area contributed by atoms with E-state index in [1.165, 1.54) is 0 Å². The van der Waals surface area contributed by atoms with E-state index in [-0.39, 0.29) is 11.9 Å². The molecule has 0 spiro atoms. The minimum absolute atomic E-state index is 0.0228. The average molecular weight is 276 g/mol. The first-order chi connectivity index (χ1) is 9.49. The molecule has 0 bridgehead atoms. The summed E-state index contributed by atoms with van der Waals surface area (Å²) >= 11 is 0. The monoisotopic (exact) mass is 276 g/mol. The molecular weight excluding hydrogens is 256 g/mol. The maximum Gasteiger partial charge on any atom is 0.335 e. The number of aromatic carboxylic acids is 1. The largest absolute Gasteiger partial charge is 0.478 e. The van der Waals surface area contributed by atoms with E-state index in [0.717, 1.165) is 11.1 Å². The van der Waals surface area contributed by atoms with E-state index in [9.17, 15) is 9.59 Å². The number of carbonyl (C=O) groups excluding carboxylic acids is 1. The van der Waals surface area contributed by atoms with Crippen molar-refractivity contribution < 1.29 is 14.7 Å². The van der Waals surface area contributed by atoms with Gasteiger partial charge in [0.2, 0.25) is 5.91 Å². The van der Waals surface area contributed by atoms with Crippen molar-refractivity contribution in [1.29, 1.82) is 0 Å². The Morgan fingerprint density at radius 3 is 2.85 bits per heavy atom. The molecule has 1 atom stereocenters. The van der Waals surface area contributed by atoms with Crippen LogP contribution in [0, 0.1) is 0 Å². The predicted octanol–water partition coefficient (Wildman–Crippen LogP) is 1.40. The van der Waals surface area contributed by atoms with Gasteiger partial charge in [-0.25, -0.2) is 4.79 Å². The van der Waals surface area contributed by atoms with Crippen molar-refractivity contribution in [1.82, 2.24) is 4.90 Å². The second kappa shape index (κ2) is 6.05. The van der Waals surface area contributed by atoms with Crippen molar-refractivity contribution in [3.05, 3.63) is 34.9 Å². The van der Waals surface area contributed by atoms with Crippen molar-refractivity contribution in [2.75, 3.05) is 6.54 Å². The molecule has 5 heteroatoms. The van der Waals surface area contributed by atoms with Gasteiger partial charge in [-0.15, -0.1) is 0 Å². The summed E-state index contributed by atoms with van der Waals surface area (Å²) in [6.45, 7) is 2.96. The number of fused-ring (bicyclic) bond motifs is 1. The van der Waals surface area contributed by atoms with Gasteiger partial charge >= 0.3 is 5.97 Å². The maximum atomic E-state index is 12.1. The molecule has 0 saturated heterocycles. The molecule has 1 unspecified atom stereocenters. The number of nitrogens with zero attached hydrogens (tertiary/aromatic N) is 1. The van der Waals surface area contributed by atoms with E-state index >= 15 is 0 Å². The van der Waals surface area contributed by atoms with Crippen LogP contribution in [-0.2, 0) is 17.8 Å². The molecule has 1 heterocycles. The van der Waals surface area contributed by atoms with Gasteiger partial charge in [-0.3, -0.25) is 4.79 Å². The molecule has 0 aliphatic carbocycles. The van der Waals surface area contributed by atoms with E-state index in [0.29, 0.717) is 37.9 Å². The lowest BCUT2D eigenvalue weighted by molar-refractivity contribution is -0.132. The Hall–Kier alpha value is -1.88. The molecular formula is C15H20N2O3. The van der Waals surface area contributed by atoms with Crippen LogP contribution in [0.15, 0.2) is 18.2 Å². The first kappa shape index (κ1) is 14.5. The van der Waals surface area contributed by atoms with Gasteiger partial charge in [-0.2, -0.15) is 0 Å². The summed E-state index contributed by atoms with van der Waals surface area (Å²) in [5, 5.41) is 9.17. The third-order valence-corrected chi connectivity index (χ3v) is 3.66. The molecule has 108 valence electrons. The summed E-state index contributed by atoms with van der Waals surface area (Å²) in [6, 6.07) is 5.27. The summed E-state index contributed by atoms with van der Waals surface area (Å²) in [6.07, 6.45) is 1.73. The molecule has 0 aromatic heterocycles.